The lowest BCUT2D eigenvalue weighted by atomic mass is 9.80. The Bertz CT molecular complexity index is 305. The van der Waals surface area contributed by atoms with Gasteiger partial charge in [-0.25, -0.2) is 0 Å². The third-order valence-corrected chi connectivity index (χ3v) is 2.86. The summed E-state index contributed by atoms with van der Waals surface area (Å²) in [6.45, 7) is 1.98. The van der Waals surface area contributed by atoms with E-state index >= 15 is 0 Å². The number of ether oxygens (including phenoxy) is 1. The van der Waals surface area contributed by atoms with Crippen LogP contribution < -0.4 is 4.74 Å². The Balaban J connectivity index is 2.26. The standard InChI is InChI=1S/C11H15NO/c1-8-11(13-2)6-10(7-12-8)9-4-3-5-9/h6-7,9H,3-5H2,1-2H3. The van der Waals surface area contributed by atoms with E-state index in [9.17, 15) is 0 Å². The van der Waals surface area contributed by atoms with E-state index in [-0.39, 0.29) is 0 Å². The Hall–Kier alpha value is -1.05. The van der Waals surface area contributed by atoms with Gasteiger partial charge in [-0.3, -0.25) is 4.98 Å². The van der Waals surface area contributed by atoms with Crippen molar-refractivity contribution in [3.05, 3.63) is 23.5 Å². The quantitative estimate of drug-likeness (QED) is 0.692. The van der Waals surface area contributed by atoms with E-state index in [1.807, 2.05) is 13.1 Å². The predicted molar refractivity (Wildman–Crippen MR) is 52.1 cm³/mol. The topological polar surface area (TPSA) is 22.1 Å². The molecule has 1 aliphatic carbocycles. The Kier molecular flexibility index (Phi) is 2.21. The summed E-state index contributed by atoms with van der Waals surface area (Å²) in [6, 6.07) is 2.13. The molecule has 2 nitrogen and oxygen atoms in total. The first-order valence-corrected chi connectivity index (χ1v) is 4.82. The molecule has 0 amide bonds. The Morgan fingerprint density at radius 2 is 2.23 bits per heavy atom. The van der Waals surface area contributed by atoms with Gasteiger partial charge in [-0.05, 0) is 37.3 Å². The van der Waals surface area contributed by atoms with Crippen LogP contribution in [0.5, 0.6) is 5.75 Å². The molecule has 13 heavy (non-hydrogen) atoms. The van der Waals surface area contributed by atoms with Crippen molar-refractivity contribution < 1.29 is 4.74 Å². The molecule has 0 unspecified atom stereocenters. The molecular weight excluding hydrogens is 162 g/mol. The Morgan fingerprint density at radius 1 is 1.46 bits per heavy atom. The van der Waals surface area contributed by atoms with Crippen molar-refractivity contribution in [2.24, 2.45) is 0 Å². The SMILES string of the molecule is COc1cc(C2CCC2)cnc1C. The summed E-state index contributed by atoms with van der Waals surface area (Å²) in [6.07, 6.45) is 5.98. The third kappa shape index (κ3) is 1.53. The van der Waals surface area contributed by atoms with Crippen LogP contribution in [0.4, 0.5) is 0 Å². The highest BCUT2D eigenvalue weighted by atomic mass is 16.5. The van der Waals surface area contributed by atoms with Crippen LogP contribution in [0.1, 0.15) is 36.4 Å². The number of nitrogens with zero attached hydrogens (tertiary/aromatic N) is 1. The van der Waals surface area contributed by atoms with Gasteiger partial charge in [0.15, 0.2) is 0 Å². The number of pyridine rings is 1. The van der Waals surface area contributed by atoms with Crippen LogP contribution in [0.3, 0.4) is 0 Å². The highest BCUT2D eigenvalue weighted by molar-refractivity contribution is 5.32. The van der Waals surface area contributed by atoms with Crippen molar-refractivity contribution in [3.8, 4) is 5.75 Å². The van der Waals surface area contributed by atoms with Crippen LogP contribution in [0.2, 0.25) is 0 Å². The second-order valence-corrected chi connectivity index (χ2v) is 3.68. The molecule has 0 saturated heterocycles. The van der Waals surface area contributed by atoms with Crippen LogP contribution in [-0.2, 0) is 0 Å². The van der Waals surface area contributed by atoms with Crippen LogP contribution in [0.15, 0.2) is 12.3 Å². The number of aryl methyl sites for hydroxylation is 1. The van der Waals surface area contributed by atoms with Gasteiger partial charge in [0, 0.05) is 6.20 Å². The van der Waals surface area contributed by atoms with Gasteiger partial charge < -0.3 is 4.74 Å². The maximum atomic E-state index is 5.24. The molecule has 1 aliphatic rings. The molecule has 0 bridgehead atoms. The zero-order valence-corrected chi connectivity index (χ0v) is 8.21. The first-order chi connectivity index (χ1) is 6.31. The molecule has 2 heteroatoms. The summed E-state index contributed by atoms with van der Waals surface area (Å²) in [5.74, 6) is 1.66. The predicted octanol–water partition coefficient (Wildman–Crippen LogP) is 2.67. The monoisotopic (exact) mass is 177 g/mol. The molecule has 0 radical (unpaired) electrons. The van der Waals surface area contributed by atoms with E-state index in [1.165, 1.54) is 24.8 Å². The molecule has 2 rings (SSSR count). The number of aromatic nitrogens is 1. The van der Waals surface area contributed by atoms with E-state index in [0.29, 0.717) is 0 Å². The number of rotatable bonds is 2. The summed E-state index contributed by atoms with van der Waals surface area (Å²) in [4.78, 5) is 4.33. The van der Waals surface area contributed by atoms with E-state index < -0.39 is 0 Å². The molecule has 0 aromatic carbocycles. The average molecular weight is 177 g/mol. The Labute approximate surface area is 78.9 Å². The highest BCUT2D eigenvalue weighted by Gasteiger charge is 2.20. The molecule has 1 heterocycles. The van der Waals surface area contributed by atoms with Crippen LogP contribution in [-0.4, -0.2) is 12.1 Å². The van der Waals surface area contributed by atoms with Crippen LogP contribution in [0.25, 0.3) is 0 Å². The van der Waals surface area contributed by atoms with E-state index in [2.05, 4.69) is 11.1 Å². The zero-order chi connectivity index (χ0) is 9.26. The molecule has 1 aromatic heterocycles. The summed E-state index contributed by atoms with van der Waals surface area (Å²) in [5.41, 5.74) is 2.32. The van der Waals surface area contributed by atoms with Crippen LogP contribution in [0, 0.1) is 6.92 Å². The van der Waals surface area contributed by atoms with Gasteiger partial charge in [0.2, 0.25) is 0 Å². The third-order valence-electron chi connectivity index (χ3n) is 2.86. The maximum absolute atomic E-state index is 5.24. The smallest absolute Gasteiger partial charge is 0.140 e. The fourth-order valence-electron chi connectivity index (χ4n) is 1.70. The molecule has 1 fully saturated rings. The lowest BCUT2D eigenvalue weighted by molar-refractivity contribution is 0.397. The number of hydrogen-bond donors (Lipinski definition) is 0. The molecule has 0 spiro atoms. The average Bonchev–Trinajstić information content (AvgIpc) is 2.05. The number of hydrogen-bond acceptors (Lipinski definition) is 2. The van der Waals surface area contributed by atoms with Crippen LogP contribution >= 0.6 is 0 Å². The molecule has 70 valence electrons. The fraction of sp³-hybridized carbons (Fsp3) is 0.545. The fourth-order valence-corrected chi connectivity index (χ4v) is 1.70. The van der Waals surface area contributed by atoms with Gasteiger partial charge in [0.1, 0.15) is 5.75 Å². The van der Waals surface area contributed by atoms with Gasteiger partial charge in [0.05, 0.1) is 12.8 Å². The summed E-state index contributed by atoms with van der Waals surface area (Å²) >= 11 is 0. The van der Waals surface area contributed by atoms with Crippen molar-refractivity contribution in [2.45, 2.75) is 32.1 Å². The molecule has 1 aromatic rings. The van der Waals surface area contributed by atoms with Gasteiger partial charge in [0.25, 0.3) is 0 Å². The largest absolute Gasteiger partial charge is 0.495 e. The second kappa shape index (κ2) is 3.36. The normalized spacial score (nSPS) is 16.8. The van der Waals surface area contributed by atoms with E-state index in [0.717, 1.165) is 17.4 Å². The van der Waals surface area contributed by atoms with Gasteiger partial charge in [-0.2, -0.15) is 0 Å². The van der Waals surface area contributed by atoms with Crippen molar-refractivity contribution in [2.75, 3.05) is 7.11 Å². The van der Waals surface area contributed by atoms with Gasteiger partial charge in [-0.1, -0.05) is 6.42 Å². The second-order valence-electron chi connectivity index (χ2n) is 3.68. The zero-order valence-electron chi connectivity index (χ0n) is 8.21. The summed E-state index contributed by atoms with van der Waals surface area (Å²) in [5, 5.41) is 0. The molecule has 1 saturated carbocycles. The molecular formula is C11H15NO. The van der Waals surface area contributed by atoms with Crippen molar-refractivity contribution >= 4 is 0 Å². The summed E-state index contributed by atoms with van der Waals surface area (Å²) < 4.78 is 5.24. The minimum atomic E-state index is 0.738. The van der Waals surface area contributed by atoms with Gasteiger partial charge >= 0.3 is 0 Å². The highest BCUT2D eigenvalue weighted by Crippen LogP contribution is 2.37. The number of methoxy groups -OCH3 is 1. The van der Waals surface area contributed by atoms with E-state index in [1.54, 1.807) is 7.11 Å². The minimum Gasteiger partial charge on any atom is -0.495 e. The first-order valence-electron chi connectivity index (χ1n) is 4.82. The van der Waals surface area contributed by atoms with E-state index in [4.69, 9.17) is 4.74 Å². The first kappa shape index (κ1) is 8.54. The molecule has 0 aliphatic heterocycles. The molecule has 0 atom stereocenters. The Morgan fingerprint density at radius 3 is 2.77 bits per heavy atom. The van der Waals surface area contributed by atoms with Crippen molar-refractivity contribution in [1.29, 1.82) is 0 Å². The van der Waals surface area contributed by atoms with Crippen molar-refractivity contribution in [3.63, 3.8) is 0 Å². The lowest BCUT2D eigenvalue weighted by Crippen LogP contribution is -2.09. The summed E-state index contributed by atoms with van der Waals surface area (Å²) in [7, 11) is 1.70. The molecule has 0 N–H and O–H groups in total. The lowest BCUT2D eigenvalue weighted by Gasteiger charge is -2.25. The maximum Gasteiger partial charge on any atom is 0.140 e. The van der Waals surface area contributed by atoms with Gasteiger partial charge in [-0.15, -0.1) is 0 Å². The van der Waals surface area contributed by atoms with Crippen molar-refractivity contribution in [1.82, 2.24) is 4.98 Å². The minimum absolute atomic E-state index is 0.738.